The van der Waals surface area contributed by atoms with Crippen molar-refractivity contribution >= 4 is 21.1 Å². The van der Waals surface area contributed by atoms with E-state index in [0.717, 1.165) is 0 Å². The Balaban J connectivity index is 2.61. The van der Waals surface area contributed by atoms with Crippen molar-refractivity contribution in [2.24, 2.45) is 0 Å². The Hall–Kier alpha value is -1.47. The van der Waals surface area contributed by atoms with Crippen LogP contribution < -0.4 is 0 Å². The van der Waals surface area contributed by atoms with Gasteiger partial charge in [0.1, 0.15) is 0 Å². The third-order valence-electron chi connectivity index (χ3n) is 2.85. The second-order valence-electron chi connectivity index (χ2n) is 4.95. The Kier molecular flexibility index (Phi) is 3.60. The van der Waals surface area contributed by atoms with Crippen LogP contribution in [0.5, 0.6) is 0 Å². The van der Waals surface area contributed by atoms with Gasteiger partial charge >= 0.3 is 0 Å². The van der Waals surface area contributed by atoms with Gasteiger partial charge in [-0.25, -0.2) is 13.4 Å². The lowest BCUT2D eigenvalue weighted by molar-refractivity contribution is 0.301. The van der Waals surface area contributed by atoms with Crippen molar-refractivity contribution in [3.63, 3.8) is 0 Å². The largest absolute Gasteiger partial charge is 0.263 e. The summed E-state index contributed by atoms with van der Waals surface area (Å²) in [6.07, 6.45) is 1.59. The molecule has 0 unspecified atom stereocenters. The van der Waals surface area contributed by atoms with E-state index in [1.807, 2.05) is 27.7 Å². The number of aromatic amines is 1. The molecule has 0 radical (unpaired) electrons. The van der Waals surface area contributed by atoms with E-state index < -0.39 is 10.0 Å². The van der Waals surface area contributed by atoms with E-state index in [1.165, 1.54) is 4.31 Å². The molecule has 0 aromatic carbocycles. The van der Waals surface area contributed by atoms with Crippen LogP contribution in [0.3, 0.4) is 0 Å². The molecule has 0 fully saturated rings. The molecule has 2 rings (SSSR count). The number of aromatic nitrogens is 3. The van der Waals surface area contributed by atoms with Gasteiger partial charge in [-0.2, -0.15) is 9.40 Å². The van der Waals surface area contributed by atoms with Crippen molar-refractivity contribution in [1.29, 1.82) is 0 Å². The van der Waals surface area contributed by atoms with Crippen molar-refractivity contribution < 1.29 is 8.42 Å². The number of hydrogen-bond donors (Lipinski definition) is 1. The first kappa shape index (κ1) is 14.0. The second-order valence-corrected chi connectivity index (χ2v) is 6.73. The van der Waals surface area contributed by atoms with Crippen LogP contribution in [0.25, 0.3) is 11.0 Å². The molecular formula is C12H18N4O2S. The minimum Gasteiger partial charge on any atom is -0.263 e. The number of sulfonamides is 1. The quantitative estimate of drug-likeness (QED) is 0.926. The van der Waals surface area contributed by atoms with Gasteiger partial charge in [-0.05, 0) is 39.8 Å². The maximum atomic E-state index is 12.7. The summed E-state index contributed by atoms with van der Waals surface area (Å²) in [4.78, 5) is 4.04. The number of fused-ring (bicyclic) bond motifs is 1. The van der Waals surface area contributed by atoms with Gasteiger partial charge in [0.05, 0.1) is 5.39 Å². The van der Waals surface area contributed by atoms with Gasteiger partial charge in [0.25, 0.3) is 10.0 Å². The molecule has 104 valence electrons. The Morgan fingerprint density at radius 1 is 1.21 bits per heavy atom. The van der Waals surface area contributed by atoms with Crippen LogP contribution in [0.4, 0.5) is 0 Å². The number of rotatable bonds is 4. The molecule has 2 aromatic rings. The summed E-state index contributed by atoms with van der Waals surface area (Å²) in [6.45, 7) is 7.42. The minimum absolute atomic E-state index is 0.109. The van der Waals surface area contributed by atoms with Crippen molar-refractivity contribution in [2.75, 3.05) is 0 Å². The van der Waals surface area contributed by atoms with Gasteiger partial charge in [-0.15, -0.1) is 0 Å². The predicted molar refractivity (Wildman–Crippen MR) is 73.2 cm³/mol. The van der Waals surface area contributed by atoms with E-state index in [-0.39, 0.29) is 17.1 Å². The fraction of sp³-hybridized carbons (Fsp3) is 0.500. The van der Waals surface area contributed by atoms with Gasteiger partial charge in [0, 0.05) is 18.3 Å². The molecule has 19 heavy (non-hydrogen) atoms. The highest BCUT2D eigenvalue weighted by atomic mass is 32.2. The zero-order valence-corrected chi connectivity index (χ0v) is 12.3. The summed E-state index contributed by atoms with van der Waals surface area (Å²) in [5.74, 6) is 0. The average Bonchev–Trinajstić information content (AvgIpc) is 2.71. The van der Waals surface area contributed by atoms with Gasteiger partial charge in [0.2, 0.25) is 0 Å². The molecule has 0 saturated heterocycles. The smallest absolute Gasteiger partial charge is 0.261 e. The van der Waals surface area contributed by atoms with E-state index >= 15 is 0 Å². The molecule has 2 heterocycles. The van der Waals surface area contributed by atoms with Crippen molar-refractivity contribution in [2.45, 2.75) is 44.8 Å². The summed E-state index contributed by atoms with van der Waals surface area (Å²) in [5, 5.41) is 7.18. The SMILES string of the molecule is CC(C)N(C(C)C)S(=O)(=O)c1[nH]nc2ncccc12. The van der Waals surface area contributed by atoms with E-state index in [1.54, 1.807) is 18.3 Å². The molecule has 0 saturated carbocycles. The Morgan fingerprint density at radius 2 is 1.84 bits per heavy atom. The zero-order valence-electron chi connectivity index (χ0n) is 11.5. The normalized spacial score (nSPS) is 13.0. The Morgan fingerprint density at radius 3 is 2.42 bits per heavy atom. The molecule has 0 aliphatic heterocycles. The topological polar surface area (TPSA) is 79.0 Å². The van der Waals surface area contributed by atoms with Crippen LogP contribution in [-0.2, 0) is 10.0 Å². The van der Waals surface area contributed by atoms with Crippen LogP contribution in [0.2, 0.25) is 0 Å². The highest BCUT2D eigenvalue weighted by molar-refractivity contribution is 7.89. The molecule has 0 bridgehead atoms. The molecule has 2 aromatic heterocycles. The standard InChI is InChI=1S/C12H18N4O2S/c1-8(2)16(9(3)4)19(17,18)12-10-6-5-7-13-11(10)14-15-12/h5-9H,1-4H3,(H,13,14,15). The summed E-state index contributed by atoms with van der Waals surface area (Å²) in [5.41, 5.74) is 0.411. The molecule has 0 atom stereocenters. The summed E-state index contributed by atoms with van der Waals surface area (Å²) < 4.78 is 26.9. The Labute approximate surface area is 112 Å². The lowest BCUT2D eigenvalue weighted by Gasteiger charge is -2.28. The van der Waals surface area contributed by atoms with Crippen LogP contribution in [0, 0.1) is 0 Å². The number of pyridine rings is 1. The van der Waals surface area contributed by atoms with E-state index in [0.29, 0.717) is 11.0 Å². The fourth-order valence-corrected chi connectivity index (χ4v) is 4.20. The first-order valence-corrected chi connectivity index (χ1v) is 7.62. The third-order valence-corrected chi connectivity index (χ3v) is 5.07. The third kappa shape index (κ3) is 2.35. The molecule has 6 nitrogen and oxygen atoms in total. The van der Waals surface area contributed by atoms with Crippen molar-refractivity contribution in [3.05, 3.63) is 18.3 Å². The van der Waals surface area contributed by atoms with Crippen LogP contribution in [-0.4, -0.2) is 40.0 Å². The lowest BCUT2D eigenvalue weighted by Crippen LogP contribution is -2.42. The Bertz CT molecular complexity index is 668. The van der Waals surface area contributed by atoms with Gasteiger partial charge in [-0.1, -0.05) is 0 Å². The highest BCUT2D eigenvalue weighted by Gasteiger charge is 2.32. The number of H-pyrrole nitrogens is 1. The minimum atomic E-state index is -3.61. The first-order chi connectivity index (χ1) is 8.85. The maximum absolute atomic E-state index is 12.7. The molecule has 0 aliphatic rings. The fourth-order valence-electron chi connectivity index (χ4n) is 2.28. The summed E-state index contributed by atoms with van der Waals surface area (Å²) in [7, 11) is -3.61. The van der Waals surface area contributed by atoms with Crippen LogP contribution in [0.1, 0.15) is 27.7 Å². The maximum Gasteiger partial charge on any atom is 0.261 e. The van der Waals surface area contributed by atoms with Crippen LogP contribution in [0.15, 0.2) is 23.4 Å². The number of hydrogen-bond acceptors (Lipinski definition) is 4. The van der Waals surface area contributed by atoms with E-state index in [4.69, 9.17) is 0 Å². The van der Waals surface area contributed by atoms with Crippen molar-refractivity contribution in [3.8, 4) is 0 Å². The zero-order chi connectivity index (χ0) is 14.2. The molecule has 0 spiro atoms. The van der Waals surface area contributed by atoms with Gasteiger partial charge in [-0.3, -0.25) is 5.10 Å². The molecule has 0 amide bonds. The first-order valence-electron chi connectivity index (χ1n) is 6.18. The lowest BCUT2D eigenvalue weighted by atomic mass is 10.3. The predicted octanol–water partition coefficient (Wildman–Crippen LogP) is 1.77. The molecule has 0 aliphatic carbocycles. The van der Waals surface area contributed by atoms with Crippen molar-refractivity contribution in [1.82, 2.24) is 19.5 Å². The molecule has 1 N–H and O–H groups in total. The summed E-state index contributed by atoms with van der Waals surface area (Å²) in [6, 6.07) is 3.16. The summed E-state index contributed by atoms with van der Waals surface area (Å²) >= 11 is 0. The average molecular weight is 282 g/mol. The molecule has 7 heteroatoms. The van der Waals surface area contributed by atoms with E-state index in [9.17, 15) is 8.42 Å². The van der Waals surface area contributed by atoms with Gasteiger partial charge < -0.3 is 0 Å². The van der Waals surface area contributed by atoms with E-state index in [2.05, 4.69) is 15.2 Å². The monoisotopic (exact) mass is 282 g/mol. The number of nitrogens with zero attached hydrogens (tertiary/aromatic N) is 3. The number of nitrogens with one attached hydrogen (secondary N) is 1. The second kappa shape index (κ2) is 4.90. The van der Waals surface area contributed by atoms with Gasteiger partial charge in [0.15, 0.2) is 10.7 Å². The highest BCUT2D eigenvalue weighted by Crippen LogP contribution is 2.24. The molecular weight excluding hydrogens is 264 g/mol. The van der Waals surface area contributed by atoms with Crippen LogP contribution >= 0.6 is 0 Å².